The van der Waals surface area contributed by atoms with E-state index in [0.717, 1.165) is 0 Å². The second-order valence-corrected chi connectivity index (χ2v) is 5.33. The Morgan fingerprint density at radius 3 is 2.00 bits per heavy atom. The third-order valence-corrected chi connectivity index (χ3v) is 3.95. The summed E-state index contributed by atoms with van der Waals surface area (Å²) < 4.78 is 13.0. The first-order valence-corrected chi connectivity index (χ1v) is 7.09. The van der Waals surface area contributed by atoms with Gasteiger partial charge in [0.15, 0.2) is 11.6 Å². The van der Waals surface area contributed by atoms with Crippen molar-refractivity contribution in [3.05, 3.63) is 88.9 Å². The van der Waals surface area contributed by atoms with E-state index in [1.807, 2.05) is 0 Å². The highest BCUT2D eigenvalue weighted by molar-refractivity contribution is 6.28. The molecule has 0 N–H and O–H groups in total. The van der Waals surface area contributed by atoms with Gasteiger partial charge in [-0.25, -0.2) is 4.39 Å². The Kier molecular flexibility index (Phi) is 2.91. The number of hydrogen-bond donors (Lipinski definition) is 0. The molecule has 0 saturated heterocycles. The lowest BCUT2D eigenvalue weighted by atomic mass is 9.84. The Balaban J connectivity index is 1.88. The van der Waals surface area contributed by atoms with Crippen molar-refractivity contribution in [1.29, 1.82) is 0 Å². The van der Waals surface area contributed by atoms with Crippen LogP contribution in [0.1, 0.15) is 31.8 Å². The van der Waals surface area contributed by atoms with Crippen molar-refractivity contribution in [3.63, 3.8) is 0 Å². The van der Waals surface area contributed by atoms with Gasteiger partial charge in [0.05, 0.1) is 11.3 Å². The molecular weight excluding hydrogens is 293 g/mol. The first-order chi connectivity index (χ1) is 11.1. The van der Waals surface area contributed by atoms with Gasteiger partial charge in [0.25, 0.3) is 0 Å². The fourth-order valence-corrected chi connectivity index (χ4v) is 2.77. The van der Waals surface area contributed by atoms with Gasteiger partial charge in [-0.3, -0.25) is 14.6 Å². The second kappa shape index (κ2) is 4.95. The van der Waals surface area contributed by atoms with E-state index >= 15 is 0 Å². The van der Waals surface area contributed by atoms with Crippen LogP contribution < -0.4 is 0 Å². The Bertz CT molecular complexity index is 961. The maximum atomic E-state index is 13.0. The van der Waals surface area contributed by atoms with Crippen LogP contribution in [0, 0.1) is 5.82 Å². The lowest BCUT2D eigenvalue weighted by molar-refractivity contribution is 0.0979. The number of hydrogen-bond acceptors (Lipinski definition) is 3. The Morgan fingerprint density at radius 2 is 1.35 bits per heavy atom. The molecule has 23 heavy (non-hydrogen) atoms. The van der Waals surface area contributed by atoms with Crippen molar-refractivity contribution in [1.82, 2.24) is 4.98 Å². The van der Waals surface area contributed by atoms with Crippen LogP contribution >= 0.6 is 0 Å². The van der Waals surface area contributed by atoms with Gasteiger partial charge in [-0.15, -0.1) is 0 Å². The van der Waals surface area contributed by atoms with E-state index in [1.165, 1.54) is 18.3 Å². The molecule has 1 aromatic heterocycles. The predicted molar refractivity (Wildman–Crippen MR) is 82.9 cm³/mol. The summed E-state index contributed by atoms with van der Waals surface area (Å²) in [5, 5.41) is 0. The molecule has 0 unspecified atom stereocenters. The van der Waals surface area contributed by atoms with Crippen molar-refractivity contribution in [2.24, 2.45) is 0 Å². The average molecular weight is 303 g/mol. The van der Waals surface area contributed by atoms with Crippen LogP contribution in [-0.2, 0) is 0 Å². The molecule has 4 heteroatoms. The van der Waals surface area contributed by atoms with E-state index in [0.29, 0.717) is 33.5 Å². The van der Waals surface area contributed by atoms with Crippen LogP contribution in [0.5, 0.6) is 0 Å². The van der Waals surface area contributed by atoms with Gasteiger partial charge in [-0.2, -0.15) is 0 Å². The van der Waals surface area contributed by atoms with E-state index in [2.05, 4.69) is 4.98 Å². The molecule has 0 aliphatic heterocycles. The molecule has 1 heterocycles. The molecule has 1 aliphatic rings. The molecule has 0 spiro atoms. The lowest BCUT2D eigenvalue weighted by Crippen LogP contribution is -2.21. The van der Waals surface area contributed by atoms with Gasteiger partial charge in [0, 0.05) is 28.5 Å². The number of benzene rings is 2. The predicted octanol–water partition coefficient (Wildman–Crippen LogP) is 3.66. The summed E-state index contributed by atoms with van der Waals surface area (Å²) in [5.41, 5.74) is 2.67. The minimum absolute atomic E-state index is 0.194. The minimum atomic E-state index is -0.341. The van der Waals surface area contributed by atoms with Crippen molar-refractivity contribution in [2.75, 3.05) is 0 Å². The summed E-state index contributed by atoms with van der Waals surface area (Å²) in [6, 6.07) is 14.2. The number of carbonyl (C=O) groups is 2. The molecule has 4 rings (SSSR count). The summed E-state index contributed by atoms with van der Waals surface area (Å²) in [5.74, 6) is -0.735. The normalized spacial score (nSPS) is 12.7. The molecule has 110 valence electrons. The number of carbonyl (C=O) groups excluding carboxylic acids is 2. The Hall–Kier alpha value is -3.14. The van der Waals surface area contributed by atoms with Crippen LogP contribution in [0.25, 0.3) is 11.3 Å². The van der Waals surface area contributed by atoms with Crippen LogP contribution in [-0.4, -0.2) is 16.6 Å². The third-order valence-electron chi connectivity index (χ3n) is 3.95. The lowest BCUT2D eigenvalue weighted by Gasteiger charge is -2.17. The fraction of sp³-hybridized carbons (Fsp3) is 0. The summed E-state index contributed by atoms with van der Waals surface area (Å²) in [7, 11) is 0. The molecule has 0 atom stereocenters. The van der Waals surface area contributed by atoms with Gasteiger partial charge in [0.1, 0.15) is 5.82 Å². The van der Waals surface area contributed by atoms with Gasteiger partial charge in [-0.1, -0.05) is 24.3 Å². The van der Waals surface area contributed by atoms with Crippen molar-refractivity contribution < 1.29 is 14.0 Å². The molecule has 0 amide bonds. The van der Waals surface area contributed by atoms with E-state index in [-0.39, 0.29) is 17.4 Å². The Labute approximate surface area is 131 Å². The highest BCUT2D eigenvalue weighted by atomic mass is 19.1. The molecule has 2 aromatic carbocycles. The first-order valence-electron chi connectivity index (χ1n) is 7.09. The number of aromatic nitrogens is 1. The van der Waals surface area contributed by atoms with E-state index in [1.54, 1.807) is 42.5 Å². The SMILES string of the molecule is O=C1c2ccccc2C(=O)c2cc(-c3ccc(F)cc3)ncc21. The number of rotatable bonds is 1. The summed E-state index contributed by atoms with van der Waals surface area (Å²) in [6.07, 6.45) is 1.42. The zero-order chi connectivity index (χ0) is 16.0. The van der Waals surface area contributed by atoms with Crippen LogP contribution in [0.15, 0.2) is 60.8 Å². The highest BCUT2D eigenvalue weighted by Gasteiger charge is 2.29. The number of ketones is 2. The van der Waals surface area contributed by atoms with E-state index in [9.17, 15) is 14.0 Å². The monoisotopic (exact) mass is 303 g/mol. The van der Waals surface area contributed by atoms with Gasteiger partial charge in [-0.05, 0) is 30.3 Å². The number of pyridine rings is 1. The Morgan fingerprint density at radius 1 is 0.739 bits per heavy atom. The van der Waals surface area contributed by atoms with E-state index in [4.69, 9.17) is 0 Å². The number of halogens is 1. The molecule has 0 bridgehead atoms. The van der Waals surface area contributed by atoms with E-state index < -0.39 is 0 Å². The second-order valence-electron chi connectivity index (χ2n) is 5.33. The third kappa shape index (κ3) is 2.07. The summed E-state index contributed by atoms with van der Waals surface area (Å²) >= 11 is 0. The standard InChI is InChI=1S/C19H10FNO2/c20-12-7-5-11(6-8-12)17-9-15-16(10-21-17)19(23)14-4-2-1-3-13(14)18(15)22/h1-10H. The summed E-state index contributed by atoms with van der Waals surface area (Å²) in [6.45, 7) is 0. The van der Waals surface area contributed by atoms with Crippen molar-refractivity contribution >= 4 is 11.6 Å². The molecule has 3 aromatic rings. The maximum absolute atomic E-state index is 13.0. The van der Waals surface area contributed by atoms with Crippen LogP contribution in [0.2, 0.25) is 0 Å². The van der Waals surface area contributed by atoms with Gasteiger partial charge in [0.2, 0.25) is 0 Å². The van der Waals surface area contributed by atoms with Crippen LogP contribution in [0.4, 0.5) is 4.39 Å². The molecule has 0 radical (unpaired) electrons. The van der Waals surface area contributed by atoms with Gasteiger partial charge < -0.3 is 0 Å². The minimum Gasteiger partial charge on any atom is -0.289 e. The maximum Gasteiger partial charge on any atom is 0.196 e. The topological polar surface area (TPSA) is 47.0 Å². The highest BCUT2D eigenvalue weighted by Crippen LogP contribution is 2.29. The largest absolute Gasteiger partial charge is 0.289 e. The van der Waals surface area contributed by atoms with Crippen LogP contribution in [0.3, 0.4) is 0 Å². The molecule has 3 nitrogen and oxygen atoms in total. The first kappa shape index (κ1) is 13.5. The van der Waals surface area contributed by atoms with Crippen molar-refractivity contribution in [3.8, 4) is 11.3 Å². The van der Waals surface area contributed by atoms with Gasteiger partial charge >= 0.3 is 0 Å². The average Bonchev–Trinajstić information content (AvgIpc) is 2.60. The number of fused-ring (bicyclic) bond motifs is 2. The zero-order valence-corrected chi connectivity index (χ0v) is 11.9. The quantitative estimate of drug-likeness (QED) is 0.539. The fourth-order valence-electron chi connectivity index (χ4n) is 2.77. The molecule has 1 aliphatic carbocycles. The zero-order valence-electron chi connectivity index (χ0n) is 11.9. The molecular formula is C19H10FNO2. The number of nitrogens with zero attached hydrogens (tertiary/aromatic N) is 1. The molecule has 0 fully saturated rings. The summed E-state index contributed by atoms with van der Waals surface area (Å²) in [4.78, 5) is 29.4. The molecule has 0 saturated carbocycles. The van der Waals surface area contributed by atoms with Crippen molar-refractivity contribution in [2.45, 2.75) is 0 Å². The smallest absolute Gasteiger partial charge is 0.196 e.